The summed E-state index contributed by atoms with van der Waals surface area (Å²) in [6, 6.07) is 8.45. The molecule has 0 amide bonds. The van der Waals surface area contributed by atoms with Crippen molar-refractivity contribution in [3.63, 3.8) is 0 Å². The molecule has 2 aromatic heterocycles. The monoisotopic (exact) mass is 326 g/mol. The SMILES string of the molecule is COc1ccccc1C(=O)COC(=O)c1nc2nccc(C)n2n1. The number of carbonyl (C=O) groups is 2. The van der Waals surface area contributed by atoms with Crippen LogP contribution < -0.4 is 4.74 Å². The Hall–Kier alpha value is -3.29. The first-order valence-corrected chi connectivity index (χ1v) is 7.12. The Bertz CT molecular complexity index is 919. The summed E-state index contributed by atoms with van der Waals surface area (Å²) in [5, 5.41) is 4.03. The van der Waals surface area contributed by atoms with Gasteiger partial charge in [0.2, 0.25) is 5.78 Å². The summed E-state index contributed by atoms with van der Waals surface area (Å²) >= 11 is 0. The lowest BCUT2D eigenvalue weighted by Gasteiger charge is -2.07. The number of Topliss-reactive ketones (excluding diaryl/α,β-unsaturated/α-hetero) is 1. The highest BCUT2D eigenvalue weighted by molar-refractivity contribution is 6.01. The fourth-order valence-corrected chi connectivity index (χ4v) is 2.14. The number of ether oxygens (including phenoxy) is 2. The normalized spacial score (nSPS) is 10.6. The Morgan fingerprint density at radius 2 is 2.00 bits per heavy atom. The number of esters is 1. The molecule has 0 spiro atoms. The van der Waals surface area contributed by atoms with Crippen LogP contribution in [0.1, 0.15) is 26.7 Å². The third kappa shape index (κ3) is 2.94. The van der Waals surface area contributed by atoms with Crippen LogP contribution in [0.25, 0.3) is 5.78 Å². The summed E-state index contributed by atoms with van der Waals surface area (Å²) in [7, 11) is 1.47. The van der Waals surface area contributed by atoms with Gasteiger partial charge in [0, 0.05) is 11.9 Å². The van der Waals surface area contributed by atoms with Gasteiger partial charge >= 0.3 is 5.97 Å². The van der Waals surface area contributed by atoms with Gasteiger partial charge in [0.15, 0.2) is 6.61 Å². The molecule has 0 aliphatic carbocycles. The number of hydrogen-bond acceptors (Lipinski definition) is 7. The Morgan fingerprint density at radius 1 is 1.21 bits per heavy atom. The van der Waals surface area contributed by atoms with Crippen molar-refractivity contribution in [3.05, 3.63) is 53.6 Å². The van der Waals surface area contributed by atoms with Crippen LogP contribution in [0.15, 0.2) is 36.5 Å². The summed E-state index contributed by atoms with van der Waals surface area (Å²) < 4.78 is 11.5. The first kappa shape index (κ1) is 15.6. The second-order valence-electron chi connectivity index (χ2n) is 4.93. The largest absolute Gasteiger partial charge is 0.496 e. The molecule has 0 bridgehead atoms. The van der Waals surface area contributed by atoms with E-state index in [0.29, 0.717) is 11.3 Å². The molecule has 0 aliphatic rings. The first-order chi connectivity index (χ1) is 11.6. The minimum Gasteiger partial charge on any atom is -0.496 e. The predicted octanol–water partition coefficient (Wildman–Crippen LogP) is 1.48. The number of hydrogen-bond donors (Lipinski definition) is 0. The third-order valence-electron chi connectivity index (χ3n) is 3.35. The molecule has 0 saturated carbocycles. The summed E-state index contributed by atoms with van der Waals surface area (Å²) in [6.45, 7) is 1.38. The molecule has 0 radical (unpaired) electrons. The van der Waals surface area contributed by atoms with Crippen molar-refractivity contribution in [3.8, 4) is 5.75 Å². The fourth-order valence-electron chi connectivity index (χ4n) is 2.14. The molecule has 0 unspecified atom stereocenters. The van der Waals surface area contributed by atoms with E-state index in [2.05, 4.69) is 15.1 Å². The van der Waals surface area contributed by atoms with Gasteiger partial charge in [-0.2, -0.15) is 4.98 Å². The molecule has 122 valence electrons. The van der Waals surface area contributed by atoms with E-state index >= 15 is 0 Å². The molecule has 1 aromatic carbocycles. The van der Waals surface area contributed by atoms with Gasteiger partial charge < -0.3 is 9.47 Å². The topological polar surface area (TPSA) is 95.7 Å². The van der Waals surface area contributed by atoms with Crippen LogP contribution >= 0.6 is 0 Å². The van der Waals surface area contributed by atoms with Crippen LogP contribution in [0.2, 0.25) is 0 Å². The van der Waals surface area contributed by atoms with Gasteiger partial charge in [0.25, 0.3) is 11.6 Å². The van der Waals surface area contributed by atoms with Crippen molar-refractivity contribution in [2.45, 2.75) is 6.92 Å². The minimum absolute atomic E-state index is 0.148. The second kappa shape index (κ2) is 6.45. The molecular formula is C16H14N4O4. The number of methoxy groups -OCH3 is 1. The highest BCUT2D eigenvalue weighted by Gasteiger charge is 2.19. The van der Waals surface area contributed by atoms with Crippen molar-refractivity contribution in [1.82, 2.24) is 19.6 Å². The molecule has 0 fully saturated rings. The summed E-state index contributed by atoms with van der Waals surface area (Å²) in [5.41, 5.74) is 1.12. The van der Waals surface area contributed by atoms with Gasteiger partial charge in [-0.15, -0.1) is 5.10 Å². The number of aromatic nitrogens is 4. The molecule has 0 aliphatic heterocycles. The lowest BCUT2D eigenvalue weighted by molar-refractivity contribution is 0.0462. The van der Waals surface area contributed by atoms with Crippen molar-refractivity contribution >= 4 is 17.5 Å². The molecule has 3 aromatic rings. The van der Waals surface area contributed by atoms with Gasteiger partial charge in [-0.1, -0.05) is 12.1 Å². The number of carbonyl (C=O) groups excluding carboxylic acids is 2. The molecule has 8 nitrogen and oxygen atoms in total. The van der Waals surface area contributed by atoms with E-state index in [9.17, 15) is 9.59 Å². The Morgan fingerprint density at radius 3 is 2.75 bits per heavy atom. The molecule has 8 heteroatoms. The lowest BCUT2D eigenvalue weighted by atomic mass is 10.1. The van der Waals surface area contributed by atoms with Gasteiger partial charge in [-0.05, 0) is 25.1 Å². The quantitative estimate of drug-likeness (QED) is 0.517. The third-order valence-corrected chi connectivity index (χ3v) is 3.35. The van der Waals surface area contributed by atoms with E-state index in [1.165, 1.54) is 11.6 Å². The Balaban J connectivity index is 1.72. The molecule has 0 saturated heterocycles. The molecule has 0 atom stereocenters. The van der Waals surface area contributed by atoms with E-state index in [-0.39, 0.29) is 17.4 Å². The zero-order valence-electron chi connectivity index (χ0n) is 13.1. The van der Waals surface area contributed by atoms with Gasteiger partial charge in [-0.25, -0.2) is 14.3 Å². The van der Waals surface area contributed by atoms with Gasteiger partial charge in [0.1, 0.15) is 5.75 Å². The average molecular weight is 326 g/mol. The second-order valence-corrected chi connectivity index (χ2v) is 4.93. The van der Waals surface area contributed by atoms with E-state index in [1.54, 1.807) is 36.5 Å². The van der Waals surface area contributed by atoms with Gasteiger partial charge in [-0.3, -0.25) is 4.79 Å². The maximum absolute atomic E-state index is 12.2. The van der Waals surface area contributed by atoms with Crippen LogP contribution in [-0.2, 0) is 4.74 Å². The average Bonchev–Trinajstić information content (AvgIpc) is 3.05. The fraction of sp³-hybridized carbons (Fsp3) is 0.188. The van der Waals surface area contributed by atoms with Crippen molar-refractivity contribution < 1.29 is 19.1 Å². The van der Waals surface area contributed by atoms with E-state index in [0.717, 1.165) is 5.69 Å². The van der Waals surface area contributed by atoms with Gasteiger partial charge in [0.05, 0.1) is 12.7 Å². The Kier molecular flexibility index (Phi) is 4.19. The standard InChI is InChI=1S/C16H14N4O4/c1-10-7-8-17-16-18-14(19-20(10)16)15(22)24-9-12(21)11-5-3-4-6-13(11)23-2/h3-8H,9H2,1-2H3. The molecule has 0 N–H and O–H groups in total. The number of aryl methyl sites for hydroxylation is 1. The summed E-state index contributed by atoms with van der Waals surface area (Å²) in [4.78, 5) is 32.2. The van der Waals surface area contributed by atoms with Crippen molar-refractivity contribution in [1.29, 1.82) is 0 Å². The number of fused-ring (bicyclic) bond motifs is 1. The molecule has 2 heterocycles. The zero-order valence-corrected chi connectivity index (χ0v) is 13.1. The zero-order chi connectivity index (χ0) is 17.1. The van der Waals surface area contributed by atoms with Crippen LogP contribution in [0.3, 0.4) is 0 Å². The van der Waals surface area contributed by atoms with Crippen LogP contribution in [0.4, 0.5) is 0 Å². The highest BCUT2D eigenvalue weighted by Crippen LogP contribution is 2.18. The van der Waals surface area contributed by atoms with Crippen LogP contribution in [0, 0.1) is 6.92 Å². The molecule has 24 heavy (non-hydrogen) atoms. The number of benzene rings is 1. The highest BCUT2D eigenvalue weighted by atomic mass is 16.5. The summed E-state index contributed by atoms with van der Waals surface area (Å²) in [5.74, 6) is -0.603. The van der Waals surface area contributed by atoms with E-state index in [4.69, 9.17) is 9.47 Å². The lowest BCUT2D eigenvalue weighted by Crippen LogP contribution is -2.16. The number of nitrogens with zero attached hydrogens (tertiary/aromatic N) is 4. The first-order valence-electron chi connectivity index (χ1n) is 7.12. The molecular weight excluding hydrogens is 312 g/mol. The number of para-hydroxylation sites is 1. The number of ketones is 1. The molecule has 3 rings (SSSR count). The number of rotatable bonds is 5. The van der Waals surface area contributed by atoms with E-state index in [1.807, 2.05) is 6.92 Å². The predicted molar refractivity (Wildman–Crippen MR) is 83.1 cm³/mol. The maximum atomic E-state index is 12.2. The van der Waals surface area contributed by atoms with Crippen molar-refractivity contribution in [2.75, 3.05) is 13.7 Å². The van der Waals surface area contributed by atoms with Crippen LogP contribution in [-0.4, -0.2) is 45.1 Å². The maximum Gasteiger partial charge on any atom is 0.378 e. The summed E-state index contributed by atoms with van der Waals surface area (Å²) in [6.07, 6.45) is 1.57. The smallest absolute Gasteiger partial charge is 0.378 e. The Labute approximate surface area is 137 Å². The van der Waals surface area contributed by atoms with E-state index < -0.39 is 12.6 Å². The minimum atomic E-state index is -0.789. The van der Waals surface area contributed by atoms with Crippen molar-refractivity contribution in [2.24, 2.45) is 0 Å². The van der Waals surface area contributed by atoms with Crippen LogP contribution in [0.5, 0.6) is 5.75 Å².